The van der Waals surface area contributed by atoms with E-state index in [9.17, 15) is 9.59 Å². The molecule has 0 aliphatic carbocycles. The number of hydrogen-bond donors (Lipinski definition) is 3. The molecule has 0 saturated carbocycles. The Morgan fingerprint density at radius 2 is 1.88 bits per heavy atom. The van der Waals surface area contributed by atoms with Crippen molar-refractivity contribution in [2.75, 3.05) is 18.4 Å². The molecule has 132 valence electrons. The highest BCUT2D eigenvalue weighted by Crippen LogP contribution is 2.16. The maximum Gasteiger partial charge on any atom is 0.319 e. The normalized spacial score (nSPS) is 10.2. The summed E-state index contributed by atoms with van der Waals surface area (Å²) in [6.07, 6.45) is 4.31. The second-order valence-corrected chi connectivity index (χ2v) is 5.82. The molecule has 1 aromatic heterocycles. The monoisotopic (exact) mass is 340 g/mol. The van der Waals surface area contributed by atoms with Gasteiger partial charge in [-0.3, -0.25) is 9.78 Å². The molecule has 1 heterocycles. The van der Waals surface area contributed by atoms with Crippen LogP contribution >= 0.6 is 0 Å². The Hall–Kier alpha value is -2.89. The zero-order valence-electron chi connectivity index (χ0n) is 14.8. The molecule has 6 heteroatoms. The number of nitrogens with one attached hydrogen (secondary N) is 3. The first-order valence-electron chi connectivity index (χ1n) is 8.34. The molecule has 0 spiro atoms. The van der Waals surface area contributed by atoms with Crippen LogP contribution in [0.3, 0.4) is 0 Å². The number of pyridine rings is 1. The van der Waals surface area contributed by atoms with Crippen LogP contribution in [0.15, 0.2) is 36.7 Å². The van der Waals surface area contributed by atoms with Crippen molar-refractivity contribution in [2.24, 2.45) is 0 Å². The fourth-order valence-electron chi connectivity index (χ4n) is 2.47. The van der Waals surface area contributed by atoms with Gasteiger partial charge >= 0.3 is 6.03 Å². The minimum absolute atomic E-state index is 0.116. The molecule has 0 saturated heterocycles. The Bertz CT molecular complexity index is 759. The fourth-order valence-corrected chi connectivity index (χ4v) is 2.47. The average Bonchev–Trinajstić information content (AvgIpc) is 2.58. The molecule has 6 nitrogen and oxygen atoms in total. The minimum atomic E-state index is -0.263. The largest absolute Gasteiger partial charge is 0.352 e. The van der Waals surface area contributed by atoms with Crippen molar-refractivity contribution < 1.29 is 9.59 Å². The molecule has 1 aromatic carbocycles. The number of nitrogens with zero attached hydrogens (tertiary/aromatic N) is 1. The lowest BCUT2D eigenvalue weighted by molar-refractivity contribution is 0.0955. The van der Waals surface area contributed by atoms with Crippen molar-refractivity contribution in [1.82, 2.24) is 15.6 Å². The van der Waals surface area contributed by atoms with Gasteiger partial charge in [0.05, 0.1) is 0 Å². The van der Waals surface area contributed by atoms with E-state index in [1.165, 1.54) is 0 Å². The van der Waals surface area contributed by atoms with Gasteiger partial charge in [0, 0.05) is 36.7 Å². The van der Waals surface area contributed by atoms with Gasteiger partial charge in [-0.05, 0) is 68.1 Å². The smallest absolute Gasteiger partial charge is 0.319 e. The highest BCUT2D eigenvalue weighted by atomic mass is 16.2. The van der Waals surface area contributed by atoms with E-state index >= 15 is 0 Å². The molecular formula is C19H24N4O2. The Morgan fingerprint density at radius 3 is 2.56 bits per heavy atom. The van der Waals surface area contributed by atoms with E-state index in [0.717, 1.165) is 23.1 Å². The molecule has 2 aromatic rings. The van der Waals surface area contributed by atoms with Gasteiger partial charge in [0.2, 0.25) is 0 Å². The van der Waals surface area contributed by atoms with Gasteiger partial charge in [-0.2, -0.15) is 0 Å². The van der Waals surface area contributed by atoms with Gasteiger partial charge < -0.3 is 16.0 Å². The summed E-state index contributed by atoms with van der Waals surface area (Å²) < 4.78 is 0. The number of benzene rings is 1. The zero-order chi connectivity index (χ0) is 18.2. The van der Waals surface area contributed by atoms with Gasteiger partial charge in [0.15, 0.2) is 0 Å². The Morgan fingerprint density at radius 1 is 1.08 bits per heavy atom. The van der Waals surface area contributed by atoms with Crippen molar-refractivity contribution in [3.05, 3.63) is 58.9 Å². The van der Waals surface area contributed by atoms with Crippen LogP contribution in [0, 0.1) is 13.8 Å². The molecule has 0 atom stereocenters. The lowest BCUT2D eigenvalue weighted by Gasteiger charge is -2.12. The summed E-state index contributed by atoms with van der Waals surface area (Å²) in [5.41, 5.74) is 4.38. The number of carbonyl (C=O) groups is 2. The molecule has 25 heavy (non-hydrogen) atoms. The van der Waals surface area contributed by atoms with Crippen LogP contribution in [0.1, 0.15) is 34.0 Å². The maximum absolute atomic E-state index is 12.0. The van der Waals surface area contributed by atoms with Crippen LogP contribution < -0.4 is 16.0 Å². The van der Waals surface area contributed by atoms with E-state index in [2.05, 4.69) is 20.9 Å². The number of aromatic nitrogens is 1. The average molecular weight is 340 g/mol. The summed E-state index contributed by atoms with van der Waals surface area (Å²) in [6.45, 7) is 6.85. The van der Waals surface area contributed by atoms with E-state index in [4.69, 9.17) is 0 Å². The Labute approximate surface area is 148 Å². The third-order valence-corrected chi connectivity index (χ3v) is 3.89. The van der Waals surface area contributed by atoms with Crippen LogP contribution in [0.4, 0.5) is 10.5 Å². The second-order valence-electron chi connectivity index (χ2n) is 5.82. The molecule has 0 aliphatic rings. The Balaban J connectivity index is 1.88. The highest BCUT2D eigenvalue weighted by molar-refractivity contribution is 5.96. The number of anilines is 1. The van der Waals surface area contributed by atoms with Crippen molar-refractivity contribution in [2.45, 2.75) is 27.2 Å². The maximum atomic E-state index is 12.0. The van der Waals surface area contributed by atoms with Crippen molar-refractivity contribution in [1.29, 1.82) is 0 Å². The summed E-state index contributed by atoms with van der Waals surface area (Å²) in [7, 11) is 0. The number of rotatable bonds is 6. The lowest BCUT2D eigenvalue weighted by atomic mass is 10.1. The quantitative estimate of drug-likeness (QED) is 0.756. The highest BCUT2D eigenvalue weighted by Gasteiger charge is 2.09. The van der Waals surface area contributed by atoms with Crippen LogP contribution in [0.2, 0.25) is 0 Å². The summed E-state index contributed by atoms with van der Waals surface area (Å²) in [6, 6.07) is 6.90. The van der Waals surface area contributed by atoms with Gasteiger partial charge in [0.25, 0.3) is 5.91 Å². The molecule has 0 unspecified atom stereocenters. The molecule has 0 bridgehead atoms. The van der Waals surface area contributed by atoms with Crippen LogP contribution in [0.25, 0.3) is 0 Å². The molecule has 3 N–H and O–H groups in total. The molecular weight excluding hydrogens is 316 g/mol. The fraction of sp³-hybridized carbons (Fsp3) is 0.316. The van der Waals surface area contributed by atoms with Crippen molar-refractivity contribution >= 4 is 17.6 Å². The lowest BCUT2D eigenvalue weighted by Crippen LogP contribution is -2.31. The standard InChI is InChI=1S/C19H24N4O2/c1-4-21-18(24)16-5-6-17(13(2)11-16)23-19(25)22-10-8-15-7-9-20-12-14(15)3/h5-7,9,11-12H,4,8,10H2,1-3H3,(H,21,24)(H2,22,23,25). The van der Waals surface area contributed by atoms with Crippen LogP contribution in [-0.4, -0.2) is 30.0 Å². The Kier molecular flexibility index (Phi) is 6.51. The number of urea groups is 1. The topological polar surface area (TPSA) is 83.1 Å². The van der Waals surface area contributed by atoms with E-state index < -0.39 is 0 Å². The predicted molar refractivity (Wildman–Crippen MR) is 98.9 cm³/mol. The van der Waals surface area contributed by atoms with E-state index in [1.807, 2.05) is 33.0 Å². The van der Waals surface area contributed by atoms with Crippen molar-refractivity contribution in [3.63, 3.8) is 0 Å². The van der Waals surface area contributed by atoms with Gasteiger partial charge in [-0.25, -0.2) is 4.79 Å². The molecule has 3 amide bonds. The SMILES string of the molecule is CCNC(=O)c1ccc(NC(=O)NCCc2ccncc2C)c(C)c1. The molecule has 2 rings (SSSR count). The first kappa shape index (κ1) is 18.4. The van der Waals surface area contributed by atoms with Gasteiger partial charge in [-0.1, -0.05) is 0 Å². The third kappa shape index (κ3) is 5.31. The molecule has 0 aliphatic heterocycles. The number of hydrogen-bond acceptors (Lipinski definition) is 3. The van der Waals surface area contributed by atoms with E-state index in [1.54, 1.807) is 24.4 Å². The summed E-state index contributed by atoms with van der Waals surface area (Å²) in [4.78, 5) is 27.9. The summed E-state index contributed by atoms with van der Waals surface area (Å²) in [5, 5.41) is 8.41. The first-order valence-corrected chi connectivity index (χ1v) is 8.34. The van der Waals surface area contributed by atoms with Gasteiger partial charge in [0.1, 0.15) is 0 Å². The predicted octanol–water partition coefficient (Wildman–Crippen LogP) is 2.81. The van der Waals surface area contributed by atoms with E-state index in [-0.39, 0.29) is 11.9 Å². The van der Waals surface area contributed by atoms with E-state index in [0.29, 0.717) is 24.3 Å². The molecule has 0 fully saturated rings. The zero-order valence-corrected chi connectivity index (χ0v) is 14.8. The van der Waals surface area contributed by atoms with Gasteiger partial charge in [-0.15, -0.1) is 0 Å². The number of aryl methyl sites for hydroxylation is 2. The third-order valence-electron chi connectivity index (χ3n) is 3.89. The second kappa shape index (κ2) is 8.82. The summed E-state index contributed by atoms with van der Waals surface area (Å²) in [5.74, 6) is -0.116. The van der Waals surface area contributed by atoms with Crippen molar-refractivity contribution in [3.8, 4) is 0 Å². The number of carbonyl (C=O) groups excluding carboxylic acids is 2. The summed E-state index contributed by atoms with van der Waals surface area (Å²) >= 11 is 0. The number of amides is 3. The first-order chi connectivity index (χ1) is 12.0. The van der Waals surface area contributed by atoms with Crippen LogP contribution in [0.5, 0.6) is 0 Å². The molecule has 0 radical (unpaired) electrons. The van der Waals surface area contributed by atoms with Crippen LogP contribution in [-0.2, 0) is 6.42 Å². The minimum Gasteiger partial charge on any atom is -0.352 e.